The number of benzene rings is 1. The van der Waals surface area contributed by atoms with Gasteiger partial charge >= 0.3 is 0 Å². The first kappa shape index (κ1) is 15.5. The fraction of sp³-hybridized carbons (Fsp3) is 0.286. The molecule has 2 aromatic rings. The van der Waals surface area contributed by atoms with Crippen LogP contribution in [0.15, 0.2) is 22.7 Å². The minimum absolute atomic E-state index is 0.218. The molecule has 6 heteroatoms. The van der Waals surface area contributed by atoms with Crippen molar-refractivity contribution < 1.29 is 4.79 Å². The average molecular weight is 448 g/mol. The number of nitrogens with one attached hydrogen (secondary N) is 2. The van der Waals surface area contributed by atoms with Crippen molar-refractivity contribution in [3.63, 3.8) is 0 Å². The van der Waals surface area contributed by atoms with Crippen molar-refractivity contribution in [2.75, 3.05) is 5.32 Å². The van der Waals surface area contributed by atoms with E-state index in [9.17, 15) is 4.79 Å². The lowest BCUT2D eigenvalue weighted by Gasteiger charge is -2.08. The highest BCUT2D eigenvalue weighted by Gasteiger charge is 2.19. The van der Waals surface area contributed by atoms with Gasteiger partial charge in [-0.25, -0.2) is 0 Å². The number of aryl methyl sites for hydroxylation is 1. The van der Waals surface area contributed by atoms with E-state index < -0.39 is 0 Å². The Labute approximate surface area is 140 Å². The van der Waals surface area contributed by atoms with Crippen molar-refractivity contribution in [3.05, 3.63) is 43.2 Å². The molecule has 0 radical (unpaired) electrons. The predicted molar refractivity (Wildman–Crippen MR) is 92.2 cm³/mol. The van der Waals surface area contributed by atoms with Crippen LogP contribution in [-0.4, -0.2) is 16.1 Å². The second-order valence-corrected chi connectivity index (χ2v) is 6.91. The molecule has 20 heavy (non-hydrogen) atoms. The van der Waals surface area contributed by atoms with Gasteiger partial charge in [0.05, 0.1) is 10.2 Å². The van der Waals surface area contributed by atoms with Crippen LogP contribution in [0.4, 0.5) is 5.69 Å². The number of amides is 1. The second kappa shape index (κ2) is 6.26. The Hall–Kier alpha value is -0.890. The van der Waals surface area contributed by atoms with Gasteiger partial charge in [-0.05, 0) is 75.1 Å². The Morgan fingerprint density at radius 1 is 1.45 bits per heavy atom. The van der Waals surface area contributed by atoms with E-state index in [1.54, 1.807) is 0 Å². The van der Waals surface area contributed by atoms with Crippen molar-refractivity contribution in [1.29, 1.82) is 0 Å². The Balaban J connectivity index is 2.24. The number of carbonyl (C=O) groups is 1. The van der Waals surface area contributed by atoms with Crippen LogP contribution in [0.5, 0.6) is 0 Å². The summed E-state index contributed by atoms with van der Waals surface area (Å²) in [6.45, 7) is 6.06. The largest absolute Gasteiger partial charge is 0.320 e. The lowest BCUT2D eigenvalue weighted by atomic mass is 10.1. The molecule has 1 amide bonds. The molecule has 0 saturated carbocycles. The zero-order chi connectivity index (χ0) is 14.9. The molecule has 2 N–H and O–H groups in total. The van der Waals surface area contributed by atoms with E-state index in [0.29, 0.717) is 5.69 Å². The molecule has 0 aliphatic carbocycles. The molecule has 1 aromatic heterocycles. The Morgan fingerprint density at radius 3 is 2.70 bits per heavy atom. The third-order valence-electron chi connectivity index (χ3n) is 2.96. The fourth-order valence-electron chi connectivity index (χ4n) is 1.82. The van der Waals surface area contributed by atoms with Crippen LogP contribution < -0.4 is 5.32 Å². The second-order valence-electron chi connectivity index (χ2n) is 4.87. The maximum Gasteiger partial charge on any atom is 0.277 e. The quantitative estimate of drug-likeness (QED) is 0.682. The van der Waals surface area contributed by atoms with Gasteiger partial charge in [0.2, 0.25) is 0 Å². The Morgan fingerprint density at radius 2 is 2.15 bits per heavy atom. The molecule has 106 valence electrons. The lowest BCUT2D eigenvalue weighted by molar-refractivity contribution is 0.102. The maximum absolute atomic E-state index is 12.3. The number of anilines is 1. The van der Waals surface area contributed by atoms with E-state index >= 15 is 0 Å². The third-order valence-corrected chi connectivity index (χ3v) is 4.44. The molecule has 0 spiro atoms. The molecular weight excluding hydrogens is 433 g/mol. The van der Waals surface area contributed by atoms with Crippen molar-refractivity contribution >= 4 is 50.1 Å². The summed E-state index contributed by atoms with van der Waals surface area (Å²) < 4.78 is 1.87. The summed E-state index contributed by atoms with van der Waals surface area (Å²) in [5.41, 5.74) is 3.14. The minimum Gasteiger partial charge on any atom is -0.320 e. The number of carbonyl (C=O) groups excluding carboxylic acids is 1. The Bertz CT molecular complexity index is 652. The first-order valence-corrected chi connectivity index (χ1v) is 8.08. The lowest BCUT2D eigenvalue weighted by Crippen LogP contribution is -2.14. The van der Waals surface area contributed by atoms with Gasteiger partial charge in [0.25, 0.3) is 5.91 Å². The first-order chi connectivity index (χ1) is 9.40. The summed E-state index contributed by atoms with van der Waals surface area (Å²) in [5.74, 6) is 0.0581. The van der Waals surface area contributed by atoms with Gasteiger partial charge in [-0.15, -0.1) is 0 Å². The minimum atomic E-state index is -0.218. The number of rotatable bonds is 3. The molecule has 1 heterocycles. The number of hydrogen-bond donors (Lipinski definition) is 2. The number of nitrogens with zero attached hydrogens (tertiary/aromatic N) is 1. The molecule has 1 aromatic carbocycles. The van der Waals surface area contributed by atoms with Crippen LogP contribution in [0.25, 0.3) is 0 Å². The van der Waals surface area contributed by atoms with Gasteiger partial charge in [0, 0.05) is 9.26 Å². The summed E-state index contributed by atoms with van der Waals surface area (Å²) in [4.78, 5) is 12.3. The van der Waals surface area contributed by atoms with Crippen molar-refractivity contribution in [2.45, 2.75) is 26.7 Å². The molecule has 0 atom stereocenters. The summed E-state index contributed by atoms with van der Waals surface area (Å²) in [6.07, 6.45) is 0. The number of aromatic amines is 1. The van der Waals surface area contributed by atoms with Crippen LogP contribution in [-0.2, 0) is 0 Å². The molecule has 0 aliphatic heterocycles. The van der Waals surface area contributed by atoms with Crippen molar-refractivity contribution in [2.24, 2.45) is 0 Å². The van der Waals surface area contributed by atoms with Gasteiger partial charge in [-0.2, -0.15) is 5.10 Å². The highest BCUT2D eigenvalue weighted by Crippen LogP contribution is 2.26. The van der Waals surface area contributed by atoms with Crippen molar-refractivity contribution in [1.82, 2.24) is 10.2 Å². The zero-order valence-corrected chi connectivity index (χ0v) is 15.2. The summed E-state index contributed by atoms with van der Waals surface area (Å²) in [7, 11) is 0. The summed E-state index contributed by atoms with van der Waals surface area (Å²) >= 11 is 5.69. The highest BCUT2D eigenvalue weighted by atomic mass is 127. The fourth-order valence-corrected chi connectivity index (χ4v) is 3.29. The third kappa shape index (κ3) is 3.22. The van der Waals surface area contributed by atoms with Gasteiger partial charge in [0.15, 0.2) is 5.69 Å². The van der Waals surface area contributed by atoms with Crippen LogP contribution >= 0.6 is 38.5 Å². The zero-order valence-electron chi connectivity index (χ0n) is 11.4. The van der Waals surface area contributed by atoms with Crippen LogP contribution in [0.1, 0.15) is 41.5 Å². The SMILES string of the molecule is Cc1cc(I)ccc1NC(=O)c1n[nH]c(C(C)C)c1Br. The number of H-pyrrole nitrogens is 1. The summed E-state index contributed by atoms with van der Waals surface area (Å²) in [6, 6.07) is 5.89. The first-order valence-electron chi connectivity index (χ1n) is 6.21. The van der Waals surface area contributed by atoms with Gasteiger partial charge in [0.1, 0.15) is 0 Å². The molecule has 0 unspecified atom stereocenters. The van der Waals surface area contributed by atoms with Gasteiger partial charge in [-0.1, -0.05) is 13.8 Å². The van der Waals surface area contributed by atoms with Gasteiger partial charge in [-0.3, -0.25) is 9.89 Å². The van der Waals surface area contributed by atoms with E-state index in [-0.39, 0.29) is 11.8 Å². The number of hydrogen-bond acceptors (Lipinski definition) is 2. The number of aromatic nitrogens is 2. The predicted octanol–water partition coefficient (Wildman–Crippen LogP) is 4.46. The standard InChI is InChI=1S/C14H15BrIN3O/c1-7(2)12-11(15)13(19-18-12)14(20)17-10-5-4-9(16)6-8(10)3/h4-7H,1-3H3,(H,17,20)(H,18,19). The van der Waals surface area contributed by atoms with Gasteiger partial charge < -0.3 is 5.32 Å². The van der Waals surface area contributed by atoms with Crippen LogP contribution in [0.3, 0.4) is 0 Å². The smallest absolute Gasteiger partial charge is 0.277 e. The molecule has 0 saturated heterocycles. The Kier molecular flexibility index (Phi) is 4.85. The molecule has 0 bridgehead atoms. The topological polar surface area (TPSA) is 57.8 Å². The van der Waals surface area contributed by atoms with E-state index in [4.69, 9.17) is 0 Å². The van der Waals surface area contributed by atoms with E-state index in [1.165, 1.54) is 0 Å². The average Bonchev–Trinajstić information content (AvgIpc) is 2.74. The van der Waals surface area contributed by atoms with E-state index in [2.05, 4.69) is 54.0 Å². The van der Waals surface area contributed by atoms with E-state index in [1.807, 2.05) is 39.0 Å². The van der Waals surface area contributed by atoms with Crippen LogP contribution in [0.2, 0.25) is 0 Å². The maximum atomic E-state index is 12.3. The normalized spacial score (nSPS) is 10.9. The molecule has 0 aliphatic rings. The molecule has 0 fully saturated rings. The van der Waals surface area contributed by atoms with Crippen molar-refractivity contribution in [3.8, 4) is 0 Å². The molecular formula is C14H15BrIN3O. The molecule has 2 rings (SSSR count). The highest BCUT2D eigenvalue weighted by molar-refractivity contribution is 14.1. The van der Waals surface area contributed by atoms with E-state index in [0.717, 1.165) is 25.0 Å². The monoisotopic (exact) mass is 447 g/mol. The van der Waals surface area contributed by atoms with Crippen LogP contribution in [0, 0.1) is 10.5 Å². The summed E-state index contributed by atoms with van der Waals surface area (Å²) in [5, 5.41) is 9.89. The number of halogens is 2. The molecule has 4 nitrogen and oxygen atoms in total.